The molecule has 31 heavy (non-hydrogen) atoms. The van der Waals surface area contributed by atoms with Gasteiger partial charge in [-0.25, -0.2) is 0 Å². The predicted molar refractivity (Wildman–Crippen MR) is 124 cm³/mol. The summed E-state index contributed by atoms with van der Waals surface area (Å²) < 4.78 is 44.2. The second-order valence-electron chi connectivity index (χ2n) is 7.18. The lowest BCUT2D eigenvalue weighted by Gasteiger charge is -2.23. The van der Waals surface area contributed by atoms with Gasteiger partial charge in [-0.05, 0) is 29.9 Å². The van der Waals surface area contributed by atoms with Crippen molar-refractivity contribution in [3.63, 3.8) is 0 Å². The summed E-state index contributed by atoms with van der Waals surface area (Å²) in [4.78, 5) is 12.2. The van der Waals surface area contributed by atoms with Crippen LogP contribution in [0.2, 0.25) is 0 Å². The third-order valence-electron chi connectivity index (χ3n) is 5.15. The van der Waals surface area contributed by atoms with Crippen LogP contribution in [-0.4, -0.2) is 24.4 Å². The molecule has 2 aliphatic rings. The Kier molecular flexibility index (Phi) is 12.1. The Balaban J connectivity index is 0.00000113. The summed E-state index contributed by atoms with van der Waals surface area (Å²) in [6, 6.07) is 7.37. The number of amides is 1. The summed E-state index contributed by atoms with van der Waals surface area (Å²) >= 11 is 0.889. The number of allylic oxidation sites excluding steroid dienone is 1. The molecule has 3 rings (SSSR count). The predicted octanol–water partition coefficient (Wildman–Crippen LogP) is 7.90. The molecule has 1 unspecified atom stereocenters. The lowest BCUT2D eigenvalue weighted by molar-refractivity contribution is -0.133. The number of para-hydroxylation sites is 1. The number of hydrogen-bond donors (Lipinski definition) is 1. The minimum atomic E-state index is -4.67. The summed E-state index contributed by atoms with van der Waals surface area (Å²) in [6.07, 6.45) is 1.35. The van der Waals surface area contributed by atoms with E-state index >= 15 is 0 Å². The van der Waals surface area contributed by atoms with Crippen LogP contribution in [0.1, 0.15) is 78.2 Å². The number of halogens is 3. The van der Waals surface area contributed by atoms with E-state index < -0.39 is 22.7 Å². The molecule has 1 amide bonds. The summed E-state index contributed by atoms with van der Waals surface area (Å²) in [5.41, 5.74) is 1.54. The van der Waals surface area contributed by atoms with Gasteiger partial charge in [0.2, 0.25) is 5.76 Å². The molecule has 0 bridgehead atoms. The molecule has 1 fully saturated rings. The van der Waals surface area contributed by atoms with E-state index in [0.29, 0.717) is 17.4 Å². The zero-order chi connectivity index (χ0) is 23.4. The van der Waals surface area contributed by atoms with E-state index in [9.17, 15) is 18.0 Å². The van der Waals surface area contributed by atoms with E-state index in [1.165, 1.54) is 25.7 Å². The number of thioether (sulfide) groups is 1. The molecule has 1 atom stereocenters. The van der Waals surface area contributed by atoms with Gasteiger partial charge < -0.3 is 10.1 Å². The van der Waals surface area contributed by atoms with E-state index in [1.54, 1.807) is 12.1 Å². The number of nitrogens with one attached hydrogen (secondary N) is 1. The molecule has 0 aromatic heterocycles. The van der Waals surface area contributed by atoms with Crippen molar-refractivity contribution in [1.82, 2.24) is 0 Å². The smallest absolute Gasteiger partial charge is 0.450 e. The third kappa shape index (κ3) is 8.09. The summed E-state index contributed by atoms with van der Waals surface area (Å²) in [5, 5.41) is 2.69. The van der Waals surface area contributed by atoms with Crippen LogP contribution in [0.25, 0.3) is 0 Å². The standard InChI is InChI=1S/C20H24F3NO2S.2C2H6/c1-13(12-14-6-2-3-7-14)15-8-4-5-9-16(15)24-19(25)17-18(20(21,22)23)26-10-11-27-17;2*1-2/h4-5,8-9,13-14H,2-3,6-7,10-12H2,1H3,(H,24,25);2*1-2H3. The molecule has 0 saturated heterocycles. The molecule has 3 nitrogen and oxygen atoms in total. The number of carbonyl (C=O) groups excluding carboxylic acids is 1. The Labute approximate surface area is 189 Å². The van der Waals surface area contributed by atoms with E-state index in [1.807, 2.05) is 39.8 Å². The Morgan fingerprint density at radius 2 is 1.77 bits per heavy atom. The monoisotopic (exact) mass is 459 g/mol. The number of rotatable bonds is 5. The van der Waals surface area contributed by atoms with Crippen molar-refractivity contribution in [3.05, 3.63) is 40.5 Å². The molecule has 0 spiro atoms. The van der Waals surface area contributed by atoms with Crippen molar-refractivity contribution in [3.8, 4) is 0 Å². The molecular formula is C24H36F3NO2S. The van der Waals surface area contributed by atoms with Crippen LogP contribution < -0.4 is 5.32 Å². The number of ether oxygens (including phenoxy) is 1. The molecule has 7 heteroatoms. The van der Waals surface area contributed by atoms with Gasteiger partial charge in [-0.2, -0.15) is 13.2 Å². The number of benzene rings is 1. The average Bonchev–Trinajstić information content (AvgIpc) is 3.29. The van der Waals surface area contributed by atoms with E-state index in [4.69, 9.17) is 4.74 Å². The van der Waals surface area contributed by atoms with Gasteiger partial charge in [-0.1, -0.05) is 78.5 Å². The van der Waals surface area contributed by atoms with Gasteiger partial charge in [-0.3, -0.25) is 4.79 Å². The number of carbonyl (C=O) groups is 1. The first-order chi connectivity index (χ1) is 14.9. The van der Waals surface area contributed by atoms with Crippen LogP contribution in [0.5, 0.6) is 0 Å². The summed E-state index contributed by atoms with van der Waals surface area (Å²) in [5.74, 6) is -0.705. The molecule has 1 aromatic carbocycles. The topological polar surface area (TPSA) is 38.3 Å². The van der Waals surface area contributed by atoms with Crippen LogP contribution in [-0.2, 0) is 9.53 Å². The molecule has 1 saturated carbocycles. The zero-order valence-electron chi connectivity index (χ0n) is 19.3. The molecule has 1 N–H and O–H groups in total. The van der Waals surface area contributed by atoms with E-state index in [2.05, 4.69) is 12.2 Å². The van der Waals surface area contributed by atoms with Crippen LogP contribution in [0.4, 0.5) is 18.9 Å². The quantitative estimate of drug-likeness (QED) is 0.486. The fourth-order valence-corrected chi connectivity index (χ4v) is 4.75. The van der Waals surface area contributed by atoms with Crippen LogP contribution >= 0.6 is 11.8 Å². The lowest BCUT2D eigenvalue weighted by atomic mass is 9.88. The highest BCUT2D eigenvalue weighted by Gasteiger charge is 2.42. The second kappa shape index (κ2) is 13.7. The maximum atomic E-state index is 13.1. The lowest BCUT2D eigenvalue weighted by Crippen LogP contribution is -2.26. The van der Waals surface area contributed by atoms with E-state index in [-0.39, 0.29) is 12.5 Å². The van der Waals surface area contributed by atoms with Crippen LogP contribution in [0.3, 0.4) is 0 Å². The van der Waals surface area contributed by atoms with Gasteiger partial charge in [0.1, 0.15) is 4.91 Å². The van der Waals surface area contributed by atoms with Crippen molar-refractivity contribution in [1.29, 1.82) is 0 Å². The molecular weight excluding hydrogens is 423 g/mol. The van der Waals surface area contributed by atoms with Crippen molar-refractivity contribution >= 4 is 23.4 Å². The highest BCUT2D eigenvalue weighted by Crippen LogP contribution is 2.39. The largest absolute Gasteiger partial charge is 0.487 e. The number of anilines is 1. The minimum Gasteiger partial charge on any atom is -0.487 e. The fraction of sp³-hybridized carbons (Fsp3) is 0.625. The van der Waals surface area contributed by atoms with Gasteiger partial charge >= 0.3 is 6.18 Å². The minimum absolute atomic E-state index is 0.0503. The second-order valence-corrected chi connectivity index (χ2v) is 8.29. The number of hydrogen-bond acceptors (Lipinski definition) is 3. The summed E-state index contributed by atoms with van der Waals surface area (Å²) in [6.45, 7) is 10.1. The van der Waals surface area contributed by atoms with Gasteiger partial charge in [0.25, 0.3) is 5.91 Å². The normalized spacial score (nSPS) is 17.5. The van der Waals surface area contributed by atoms with Gasteiger partial charge in [0, 0.05) is 11.4 Å². The van der Waals surface area contributed by atoms with Gasteiger partial charge in [0.05, 0.1) is 6.61 Å². The van der Waals surface area contributed by atoms with Crippen molar-refractivity contribution in [2.75, 3.05) is 17.7 Å². The average molecular weight is 460 g/mol. The highest BCUT2D eigenvalue weighted by atomic mass is 32.2. The van der Waals surface area contributed by atoms with Crippen molar-refractivity contribution in [2.45, 2.75) is 78.8 Å². The molecule has 176 valence electrons. The Morgan fingerprint density at radius 1 is 1.16 bits per heavy atom. The van der Waals surface area contributed by atoms with Crippen molar-refractivity contribution in [2.24, 2.45) is 5.92 Å². The molecule has 1 heterocycles. The van der Waals surface area contributed by atoms with Crippen LogP contribution in [0, 0.1) is 5.92 Å². The fourth-order valence-electron chi connectivity index (χ4n) is 3.89. The summed E-state index contributed by atoms with van der Waals surface area (Å²) in [7, 11) is 0. The maximum Gasteiger partial charge on any atom is 0.450 e. The first-order valence-electron chi connectivity index (χ1n) is 11.3. The SMILES string of the molecule is CC.CC.CC(CC1CCCC1)c1ccccc1NC(=O)C1=C(C(F)(F)F)OCCS1. The molecule has 1 aliphatic carbocycles. The highest BCUT2D eigenvalue weighted by molar-refractivity contribution is 8.04. The number of alkyl halides is 3. The van der Waals surface area contributed by atoms with Crippen LogP contribution in [0.15, 0.2) is 34.9 Å². The Hall–Kier alpha value is -1.63. The van der Waals surface area contributed by atoms with Gasteiger partial charge in [-0.15, -0.1) is 11.8 Å². The molecule has 0 radical (unpaired) electrons. The zero-order valence-corrected chi connectivity index (χ0v) is 20.1. The Bertz CT molecular complexity index is 713. The van der Waals surface area contributed by atoms with Gasteiger partial charge in [0.15, 0.2) is 0 Å². The molecule has 1 aliphatic heterocycles. The third-order valence-corrected chi connectivity index (χ3v) is 6.18. The molecule has 1 aromatic rings. The first-order valence-corrected chi connectivity index (χ1v) is 12.3. The Morgan fingerprint density at radius 3 is 2.39 bits per heavy atom. The first kappa shape index (κ1) is 27.4. The van der Waals surface area contributed by atoms with E-state index in [0.717, 1.165) is 23.7 Å². The van der Waals surface area contributed by atoms with Crippen molar-refractivity contribution < 1.29 is 22.7 Å². The maximum absolute atomic E-state index is 13.1.